The van der Waals surface area contributed by atoms with Gasteiger partial charge in [-0.25, -0.2) is 9.13 Å². The predicted molar refractivity (Wildman–Crippen MR) is 321 cm³/mol. The van der Waals surface area contributed by atoms with Crippen molar-refractivity contribution in [2.24, 2.45) is 23.7 Å². The number of phosphoric ester groups is 2. The van der Waals surface area contributed by atoms with Crippen LogP contribution in [0.25, 0.3) is 0 Å². The summed E-state index contributed by atoms with van der Waals surface area (Å²) in [7, 11) is -9.89. The Morgan fingerprint density at radius 3 is 0.877 bits per heavy atom. The van der Waals surface area contributed by atoms with Crippen molar-refractivity contribution in [3.05, 3.63) is 0 Å². The van der Waals surface area contributed by atoms with Gasteiger partial charge in [0.2, 0.25) is 0 Å². The Morgan fingerprint density at radius 2 is 0.593 bits per heavy atom. The summed E-state index contributed by atoms with van der Waals surface area (Å²) < 4.78 is 67.9. The molecule has 19 heteroatoms. The summed E-state index contributed by atoms with van der Waals surface area (Å²) in [6.07, 6.45) is 30.9. The molecule has 0 aromatic heterocycles. The summed E-state index contributed by atoms with van der Waals surface area (Å²) in [5.74, 6) is 0.728. The third kappa shape index (κ3) is 54.5. The van der Waals surface area contributed by atoms with E-state index in [-0.39, 0.29) is 25.7 Å². The van der Waals surface area contributed by atoms with Crippen molar-refractivity contribution in [1.82, 2.24) is 0 Å². The molecule has 0 rings (SSSR count). The Morgan fingerprint density at radius 1 is 0.346 bits per heavy atom. The molecule has 0 aliphatic carbocycles. The minimum atomic E-state index is -4.94. The number of carbonyl (C=O) groups is 4. The molecule has 0 bridgehead atoms. The summed E-state index contributed by atoms with van der Waals surface area (Å²) in [6, 6.07) is 0. The highest BCUT2D eigenvalue weighted by Gasteiger charge is 2.30. The number of rotatable bonds is 59. The number of aliphatic hydroxyl groups excluding tert-OH is 1. The van der Waals surface area contributed by atoms with Crippen molar-refractivity contribution in [1.29, 1.82) is 0 Å². The lowest BCUT2D eigenvalue weighted by molar-refractivity contribution is -0.161. The van der Waals surface area contributed by atoms with Gasteiger partial charge >= 0.3 is 39.5 Å². The highest BCUT2D eigenvalue weighted by molar-refractivity contribution is 7.47. The molecule has 0 saturated carbocycles. The maximum Gasteiger partial charge on any atom is 0.472 e. The van der Waals surface area contributed by atoms with Crippen LogP contribution < -0.4 is 0 Å². The minimum Gasteiger partial charge on any atom is -0.462 e. The van der Waals surface area contributed by atoms with Crippen LogP contribution in [0.1, 0.15) is 293 Å². The average molecular weight is 1200 g/mol. The molecule has 0 aliphatic heterocycles. The molecular formula is C62H120O17P2. The van der Waals surface area contributed by atoms with Crippen LogP contribution in [0.3, 0.4) is 0 Å². The van der Waals surface area contributed by atoms with Crippen LogP contribution in [-0.2, 0) is 65.4 Å². The number of aliphatic hydroxyl groups is 1. The van der Waals surface area contributed by atoms with E-state index in [1.54, 1.807) is 0 Å². The number of esters is 4. The van der Waals surface area contributed by atoms with Crippen LogP contribution in [0.15, 0.2) is 0 Å². The van der Waals surface area contributed by atoms with Gasteiger partial charge in [0.25, 0.3) is 0 Å². The first kappa shape index (κ1) is 79.1. The topological polar surface area (TPSA) is 237 Å². The molecular weight excluding hydrogens is 1080 g/mol. The monoisotopic (exact) mass is 1200 g/mol. The number of hydrogen-bond acceptors (Lipinski definition) is 15. The van der Waals surface area contributed by atoms with E-state index in [2.05, 4.69) is 55.4 Å². The summed E-state index contributed by atoms with van der Waals surface area (Å²) in [5.41, 5.74) is 0. The molecule has 81 heavy (non-hydrogen) atoms. The number of hydrogen-bond donors (Lipinski definition) is 3. The Hall–Kier alpha value is -1.94. The van der Waals surface area contributed by atoms with Crippen LogP contribution in [-0.4, -0.2) is 96.7 Å². The second-order valence-electron chi connectivity index (χ2n) is 23.9. The number of ether oxygens (including phenoxy) is 4. The molecule has 0 amide bonds. The van der Waals surface area contributed by atoms with E-state index in [1.807, 2.05) is 0 Å². The molecule has 0 aromatic rings. The molecule has 0 saturated heterocycles. The van der Waals surface area contributed by atoms with Gasteiger partial charge in [-0.2, -0.15) is 0 Å². The van der Waals surface area contributed by atoms with Crippen molar-refractivity contribution in [2.45, 2.75) is 311 Å². The zero-order valence-corrected chi connectivity index (χ0v) is 54.2. The summed E-state index contributed by atoms with van der Waals surface area (Å²) in [5, 5.41) is 10.5. The first-order valence-electron chi connectivity index (χ1n) is 32.3. The molecule has 0 heterocycles. The first-order chi connectivity index (χ1) is 38.7. The second-order valence-corrected chi connectivity index (χ2v) is 26.8. The van der Waals surface area contributed by atoms with Crippen LogP contribution in [0.5, 0.6) is 0 Å². The molecule has 3 N–H and O–H groups in total. The van der Waals surface area contributed by atoms with Crippen molar-refractivity contribution in [3.63, 3.8) is 0 Å². The lowest BCUT2D eigenvalue weighted by atomic mass is 10.00. The Kier molecular flexibility index (Phi) is 51.1. The van der Waals surface area contributed by atoms with Gasteiger partial charge in [-0.1, -0.05) is 242 Å². The normalized spacial score (nSPS) is 15.2. The number of phosphoric acid groups is 2. The summed E-state index contributed by atoms with van der Waals surface area (Å²) in [4.78, 5) is 72.1. The third-order valence-electron chi connectivity index (χ3n) is 14.8. The summed E-state index contributed by atoms with van der Waals surface area (Å²) >= 11 is 0. The van der Waals surface area contributed by atoms with E-state index in [0.29, 0.717) is 31.6 Å². The van der Waals surface area contributed by atoms with Gasteiger partial charge in [0.15, 0.2) is 12.2 Å². The van der Waals surface area contributed by atoms with Crippen molar-refractivity contribution < 1.29 is 80.2 Å². The fraction of sp³-hybridized carbons (Fsp3) is 0.935. The van der Waals surface area contributed by atoms with E-state index in [1.165, 1.54) is 83.5 Å². The van der Waals surface area contributed by atoms with E-state index in [9.17, 15) is 43.2 Å². The van der Waals surface area contributed by atoms with Crippen molar-refractivity contribution >= 4 is 39.5 Å². The number of carbonyl (C=O) groups excluding carboxylic acids is 4. The smallest absolute Gasteiger partial charge is 0.462 e. The van der Waals surface area contributed by atoms with Gasteiger partial charge in [0.1, 0.15) is 19.3 Å². The molecule has 0 radical (unpaired) electrons. The highest BCUT2D eigenvalue weighted by Crippen LogP contribution is 2.45. The molecule has 0 fully saturated rings. The molecule has 0 spiro atoms. The fourth-order valence-electron chi connectivity index (χ4n) is 9.01. The molecule has 0 aliphatic rings. The quantitative estimate of drug-likeness (QED) is 0.0222. The van der Waals surface area contributed by atoms with Gasteiger partial charge < -0.3 is 33.8 Å². The third-order valence-corrected chi connectivity index (χ3v) is 16.7. The van der Waals surface area contributed by atoms with Gasteiger partial charge in [-0.15, -0.1) is 0 Å². The van der Waals surface area contributed by atoms with E-state index in [4.69, 9.17) is 37.0 Å². The minimum absolute atomic E-state index is 0.101. The summed E-state index contributed by atoms with van der Waals surface area (Å²) in [6.45, 7) is 13.9. The molecule has 7 atom stereocenters. The first-order valence-corrected chi connectivity index (χ1v) is 35.3. The number of unbranched alkanes of at least 4 members (excludes halogenated alkanes) is 23. The van der Waals surface area contributed by atoms with Gasteiger partial charge in [-0.05, 0) is 49.4 Å². The molecule has 480 valence electrons. The van der Waals surface area contributed by atoms with Crippen LogP contribution in [0.2, 0.25) is 0 Å². The molecule has 0 aromatic carbocycles. The standard InChI is InChI=1S/C62H120O17P2/c1-9-54(7)40-32-24-18-20-27-35-43-60(65)73-49-58(79-62(67)45-37-29-21-19-25-33-41-55(8)10-2)51-77-81(70,71)75-47-56(63)46-74-80(68,69)76-50-57(48-72-59(64)42-34-26-17-13-15-23-31-39-53(5)6)78-61(66)44-36-28-16-12-11-14-22-30-38-52(3)4/h52-58,63H,9-51H2,1-8H3,(H,68,69)(H,70,71)/t54?,55?,56-,57-,58-/m1/s1. The van der Waals surface area contributed by atoms with Crippen LogP contribution >= 0.6 is 15.6 Å². The predicted octanol–water partition coefficient (Wildman–Crippen LogP) is 16.6. The van der Waals surface area contributed by atoms with E-state index < -0.39 is 97.5 Å². The lowest BCUT2D eigenvalue weighted by Crippen LogP contribution is -2.30. The van der Waals surface area contributed by atoms with Gasteiger partial charge in [0, 0.05) is 25.7 Å². The van der Waals surface area contributed by atoms with Gasteiger partial charge in [-0.3, -0.25) is 37.3 Å². The molecule has 4 unspecified atom stereocenters. The maximum atomic E-state index is 12.9. The highest BCUT2D eigenvalue weighted by atomic mass is 31.2. The van der Waals surface area contributed by atoms with E-state index >= 15 is 0 Å². The fourth-order valence-corrected chi connectivity index (χ4v) is 10.6. The largest absolute Gasteiger partial charge is 0.472 e. The lowest BCUT2D eigenvalue weighted by Gasteiger charge is -2.21. The Bertz CT molecular complexity index is 1630. The van der Waals surface area contributed by atoms with Crippen molar-refractivity contribution in [3.8, 4) is 0 Å². The van der Waals surface area contributed by atoms with E-state index in [0.717, 1.165) is 120 Å². The Labute approximate surface area is 492 Å². The molecule has 17 nitrogen and oxygen atoms in total. The van der Waals surface area contributed by atoms with Gasteiger partial charge in [0.05, 0.1) is 26.4 Å². The zero-order chi connectivity index (χ0) is 60.4. The Balaban J connectivity index is 5.27. The van der Waals surface area contributed by atoms with Crippen molar-refractivity contribution in [2.75, 3.05) is 39.6 Å². The zero-order valence-electron chi connectivity index (χ0n) is 52.4. The van der Waals surface area contributed by atoms with Crippen LogP contribution in [0.4, 0.5) is 0 Å². The maximum absolute atomic E-state index is 12.9. The SMILES string of the molecule is CCC(C)CCCCCCCCC(=O)OC[C@H](COP(=O)(O)OC[C@H](O)COP(=O)(O)OC[C@@H](COC(=O)CCCCCCCCCC(C)C)OC(=O)CCCCCCCCCCC(C)C)OC(=O)CCCCCCCCC(C)CC. The average Bonchev–Trinajstić information content (AvgIpc) is 3.42. The van der Waals surface area contributed by atoms with Crippen LogP contribution in [0, 0.1) is 23.7 Å². The second kappa shape index (κ2) is 52.4.